The van der Waals surface area contributed by atoms with Crippen molar-refractivity contribution < 1.29 is 13.2 Å². The number of sulfone groups is 1. The van der Waals surface area contributed by atoms with Crippen molar-refractivity contribution in [3.05, 3.63) is 0 Å². The molecule has 1 heterocycles. The zero-order valence-electron chi connectivity index (χ0n) is 17.7. The van der Waals surface area contributed by atoms with E-state index < -0.39 is 14.6 Å². The number of nitrogens with one attached hydrogen (secondary N) is 2. The Labute approximate surface area is 183 Å². The van der Waals surface area contributed by atoms with Crippen molar-refractivity contribution in [2.24, 2.45) is 10.9 Å². The summed E-state index contributed by atoms with van der Waals surface area (Å²) in [6.07, 6.45) is 0. The predicted molar refractivity (Wildman–Crippen MR) is 124 cm³/mol. The molecule has 0 radical (unpaired) electrons. The van der Waals surface area contributed by atoms with Gasteiger partial charge in [-0.25, -0.2) is 8.42 Å². The van der Waals surface area contributed by atoms with Crippen LogP contribution in [0.3, 0.4) is 0 Å². The Morgan fingerprint density at radius 1 is 1.19 bits per heavy atom. The van der Waals surface area contributed by atoms with E-state index in [1.807, 2.05) is 6.92 Å². The molecular formula is C18H39IN4O3S. The molecule has 9 heteroatoms. The van der Waals surface area contributed by atoms with Gasteiger partial charge in [-0.15, -0.1) is 24.0 Å². The highest BCUT2D eigenvalue weighted by molar-refractivity contribution is 14.0. The fourth-order valence-electron chi connectivity index (χ4n) is 2.79. The van der Waals surface area contributed by atoms with Crippen LogP contribution in [0.5, 0.6) is 0 Å². The second kappa shape index (κ2) is 12.4. The highest BCUT2D eigenvalue weighted by Crippen LogP contribution is 2.15. The topological polar surface area (TPSA) is 83.0 Å². The highest BCUT2D eigenvalue weighted by atomic mass is 127. The van der Waals surface area contributed by atoms with Crippen LogP contribution >= 0.6 is 24.0 Å². The molecular weight excluding hydrogens is 479 g/mol. The van der Waals surface area contributed by atoms with Crippen molar-refractivity contribution in [2.75, 3.05) is 51.7 Å². The van der Waals surface area contributed by atoms with Crippen molar-refractivity contribution in [3.8, 4) is 0 Å². The monoisotopic (exact) mass is 518 g/mol. The molecule has 1 saturated heterocycles. The molecule has 0 aromatic heterocycles. The smallest absolute Gasteiger partial charge is 0.191 e. The minimum atomic E-state index is -3.14. The van der Waals surface area contributed by atoms with Gasteiger partial charge >= 0.3 is 0 Å². The number of aliphatic imine (C=N–C) groups is 1. The number of ether oxygens (including phenoxy) is 1. The van der Waals surface area contributed by atoms with Gasteiger partial charge in [0, 0.05) is 32.2 Å². The van der Waals surface area contributed by atoms with E-state index in [-0.39, 0.29) is 29.7 Å². The van der Waals surface area contributed by atoms with E-state index in [2.05, 4.69) is 29.4 Å². The number of rotatable bonds is 8. The predicted octanol–water partition coefficient (Wildman–Crippen LogP) is 1.73. The Balaban J connectivity index is 0.00000676. The van der Waals surface area contributed by atoms with Crippen LogP contribution in [0.15, 0.2) is 4.99 Å². The summed E-state index contributed by atoms with van der Waals surface area (Å²) in [5, 5.41) is 6.37. The number of halogens is 1. The van der Waals surface area contributed by atoms with Crippen LogP contribution < -0.4 is 10.6 Å². The molecule has 0 aromatic carbocycles. The third-order valence-corrected chi connectivity index (χ3v) is 7.27. The fourth-order valence-corrected chi connectivity index (χ4v) is 3.78. The maximum Gasteiger partial charge on any atom is 0.191 e. The Kier molecular flexibility index (Phi) is 12.4. The van der Waals surface area contributed by atoms with Crippen LogP contribution in [0.4, 0.5) is 0 Å². The molecule has 162 valence electrons. The molecule has 27 heavy (non-hydrogen) atoms. The van der Waals surface area contributed by atoms with Gasteiger partial charge in [0.1, 0.15) is 0 Å². The molecule has 0 spiro atoms. The molecule has 0 aromatic rings. The molecule has 0 aliphatic carbocycles. The molecule has 7 nitrogen and oxygen atoms in total. The first kappa shape index (κ1) is 26.9. The number of nitrogens with zero attached hydrogens (tertiary/aromatic N) is 2. The average molecular weight is 519 g/mol. The van der Waals surface area contributed by atoms with Gasteiger partial charge in [-0.3, -0.25) is 9.89 Å². The molecule has 1 rings (SSSR count). The Morgan fingerprint density at radius 3 is 2.26 bits per heavy atom. The molecule has 1 aliphatic heterocycles. The maximum atomic E-state index is 12.2. The van der Waals surface area contributed by atoms with E-state index in [0.29, 0.717) is 31.0 Å². The molecule has 1 unspecified atom stereocenters. The van der Waals surface area contributed by atoms with Crippen LogP contribution in [-0.4, -0.2) is 81.8 Å². The van der Waals surface area contributed by atoms with Crippen molar-refractivity contribution in [3.63, 3.8) is 0 Å². The Morgan fingerprint density at radius 2 is 1.78 bits per heavy atom. The van der Waals surface area contributed by atoms with Crippen LogP contribution in [0, 0.1) is 5.92 Å². The van der Waals surface area contributed by atoms with E-state index in [0.717, 1.165) is 32.8 Å². The summed E-state index contributed by atoms with van der Waals surface area (Å²) in [7, 11) is -3.14. The SMILES string of the molecule is CCNC(=NCC(C(C)C)N1CCOCC1)NCCS(=O)(=O)C(C)(C)C.I. The lowest BCUT2D eigenvalue weighted by molar-refractivity contribution is 0.00867. The third-order valence-electron chi connectivity index (χ3n) is 4.66. The summed E-state index contributed by atoms with van der Waals surface area (Å²) in [6, 6.07) is 0.354. The molecule has 0 amide bonds. The molecule has 1 fully saturated rings. The summed E-state index contributed by atoms with van der Waals surface area (Å²) >= 11 is 0. The number of hydrogen-bond acceptors (Lipinski definition) is 5. The van der Waals surface area contributed by atoms with Gasteiger partial charge in [-0.2, -0.15) is 0 Å². The van der Waals surface area contributed by atoms with E-state index in [4.69, 9.17) is 9.73 Å². The van der Waals surface area contributed by atoms with Crippen LogP contribution in [-0.2, 0) is 14.6 Å². The lowest BCUT2D eigenvalue weighted by atomic mass is 10.0. The van der Waals surface area contributed by atoms with E-state index in [1.54, 1.807) is 20.8 Å². The third kappa shape index (κ3) is 9.27. The zero-order valence-corrected chi connectivity index (χ0v) is 20.9. The number of guanidine groups is 1. The van der Waals surface area contributed by atoms with Crippen LogP contribution in [0.2, 0.25) is 0 Å². The van der Waals surface area contributed by atoms with E-state index in [9.17, 15) is 8.42 Å². The summed E-state index contributed by atoms with van der Waals surface area (Å²) in [5.41, 5.74) is 0. The van der Waals surface area contributed by atoms with Gasteiger partial charge in [0.2, 0.25) is 0 Å². The maximum absolute atomic E-state index is 12.2. The Bertz CT molecular complexity index is 541. The summed E-state index contributed by atoms with van der Waals surface area (Å²) in [5.74, 6) is 1.26. The highest BCUT2D eigenvalue weighted by Gasteiger charge is 2.28. The van der Waals surface area contributed by atoms with Gasteiger partial charge < -0.3 is 15.4 Å². The van der Waals surface area contributed by atoms with Crippen LogP contribution in [0.25, 0.3) is 0 Å². The lowest BCUT2D eigenvalue weighted by Gasteiger charge is -2.36. The number of hydrogen-bond donors (Lipinski definition) is 2. The van der Waals surface area contributed by atoms with Crippen molar-refractivity contribution in [1.82, 2.24) is 15.5 Å². The average Bonchev–Trinajstić information content (AvgIpc) is 2.54. The van der Waals surface area contributed by atoms with Gasteiger partial charge in [0.05, 0.1) is 30.3 Å². The van der Waals surface area contributed by atoms with Crippen molar-refractivity contribution >= 4 is 39.8 Å². The minimum absolute atomic E-state index is 0. The van der Waals surface area contributed by atoms with E-state index in [1.165, 1.54) is 0 Å². The largest absolute Gasteiger partial charge is 0.379 e. The molecule has 0 bridgehead atoms. The second-order valence-electron chi connectivity index (χ2n) is 8.04. The van der Waals surface area contributed by atoms with Gasteiger partial charge in [-0.1, -0.05) is 13.8 Å². The van der Waals surface area contributed by atoms with Crippen molar-refractivity contribution in [1.29, 1.82) is 0 Å². The minimum Gasteiger partial charge on any atom is -0.379 e. The zero-order chi connectivity index (χ0) is 19.8. The van der Waals surface area contributed by atoms with Gasteiger partial charge in [-0.05, 0) is 33.6 Å². The first-order chi connectivity index (χ1) is 12.1. The second-order valence-corrected chi connectivity index (χ2v) is 10.9. The normalized spacial score (nSPS) is 18.1. The first-order valence-electron chi connectivity index (χ1n) is 9.64. The molecule has 1 atom stereocenters. The number of morpholine rings is 1. The standard InChI is InChI=1S/C18H38N4O3S.HI/c1-7-19-17(20-8-13-26(23,24)18(4,5)6)21-14-16(15(2)3)22-9-11-25-12-10-22;/h15-16H,7-14H2,1-6H3,(H2,19,20,21);1H. The van der Waals surface area contributed by atoms with E-state index >= 15 is 0 Å². The summed E-state index contributed by atoms with van der Waals surface area (Å²) in [6.45, 7) is 16.8. The lowest BCUT2D eigenvalue weighted by Crippen LogP contribution is -2.48. The molecule has 1 aliphatic rings. The Hall–Kier alpha value is -0.130. The summed E-state index contributed by atoms with van der Waals surface area (Å²) < 4.78 is 29.2. The van der Waals surface area contributed by atoms with Gasteiger partial charge in [0.25, 0.3) is 0 Å². The quantitative estimate of drug-likeness (QED) is 0.290. The summed E-state index contributed by atoms with van der Waals surface area (Å²) in [4.78, 5) is 7.14. The fraction of sp³-hybridized carbons (Fsp3) is 0.944. The molecule has 2 N–H and O–H groups in total. The van der Waals surface area contributed by atoms with Gasteiger partial charge in [0.15, 0.2) is 15.8 Å². The van der Waals surface area contributed by atoms with Crippen molar-refractivity contribution in [2.45, 2.75) is 52.3 Å². The molecule has 0 saturated carbocycles. The van der Waals surface area contributed by atoms with Crippen LogP contribution in [0.1, 0.15) is 41.5 Å². The first-order valence-corrected chi connectivity index (χ1v) is 11.3.